The third-order valence-electron chi connectivity index (χ3n) is 3.51. The van der Waals surface area contributed by atoms with E-state index >= 15 is 0 Å². The van der Waals surface area contributed by atoms with Gasteiger partial charge >= 0.3 is 0 Å². The van der Waals surface area contributed by atoms with Crippen LogP contribution in [0.4, 0.5) is 17.6 Å². The minimum absolute atomic E-state index is 0.0563. The van der Waals surface area contributed by atoms with E-state index in [2.05, 4.69) is 20.3 Å². The van der Waals surface area contributed by atoms with Gasteiger partial charge in [-0.05, 0) is 36.8 Å². The summed E-state index contributed by atoms with van der Waals surface area (Å²) >= 11 is 6.10. The number of aryl methyl sites for hydroxylation is 1. The molecule has 0 aliphatic rings. The van der Waals surface area contributed by atoms with Crippen molar-refractivity contribution in [3.63, 3.8) is 0 Å². The summed E-state index contributed by atoms with van der Waals surface area (Å²) in [6, 6.07) is 14.5. The predicted molar refractivity (Wildman–Crippen MR) is 99.2 cm³/mol. The van der Waals surface area contributed by atoms with Gasteiger partial charge in [0.2, 0.25) is 11.9 Å². The number of nitrogens with zero attached hydrogens (tertiary/aromatic N) is 4. The highest BCUT2D eigenvalue weighted by atomic mass is 35.5. The molecular weight excluding hydrogens is 352 g/mol. The van der Waals surface area contributed by atoms with Crippen LogP contribution in [0.3, 0.4) is 0 Å². The highest BCUT2D eigenvalue weighted by molar-refractivity contribution is 6.32. The Kier molecular flexibility index (Phi) is 5.15. The molecule has 0 atom stereocenters. The van der Waals surface area contributed by atoms with Gasteiger partial charge in [0.25, 0.3) is 0 Å². The third-order valence-corrected chi connectivity index (χ3v) is 3.80. The van der Waals surface area contributed by atoms with Crippen molar-refractivity contribution in [1.82, 2.24) is 15.0 Å². The quantitative estimate of drug-likeness (QED) is 0.709. The zero-order valence-electron chi connectivity index (χ0n) is 13.9. The zero-order chi connectivity index (χ0) is 18.5. The number of aromatic nitrogens is 3. The van der Waals surface area contributed by atoms with Crippen molar-refractivity contribution < 1.29 is 4.74 Å². The van der Waals surface area contributed by atoms with E-state index in [1.54, 1.807) is 12.1 Å². The zero-order valence-corrected chi connectivity index (χ0v) is 14.7. The third kappa shape index (κ3) is 4.18. The number of nitriles is 1. The summed E-state index contributed by atoms with van der Waals surface area (Å²) in [4.78, 5) is 12.5. The Hall–Kier alpha value is -3.37. The molecule has 1 aromatic heterocycles. The molecule has 0 amide bonds. The first kappa shape index (κ1) is 17.5. The van der Waals surface area contributed by atoms with Gasteiger partial charge in [-0.25, -0.2) is 0 Å². The molecule has 3 rings (SSSR count). The Morgan fingerprint density at radius 2 is 2.00 bits per heavy atom. The van der Waals surface area contributed by atoms with Crippen LogP contribution < -0.4 is 15.8 Å². The molecule has 7 nitrogen and oxygen atoms in total. The summed E-state index contributed by atoms with van der Waals surface area (Å²) in [6.45, 7) is 2.03. The molecule has 0 spiro atoms. The molecular formula is C18H15ClN6O. The molecule has 8 heteroatoms. The summed E-state index contributed by atoms with van der Waals surface area (Å²) in [6.07, 6.45) is 0. The van der Waals surface area contributed by atoms with Gasteiger partial charge < -0.3 is 15.8 Å². The van der Waals surface area contributed by atoms with Crippen LogP contribution in [0.5, 0.6) is 5.75 Å². The molecule has 0 aliphatic heterocycles. The summed E-state index contributed by atoms with van der Waals surface area (Å²) in [5.74, 6) is 1.20. The number of halogens is 1. The largest absolute Gasteiger partial charge is 0.484 e. The van der Waals surface area contributed by atoms with Gasteiger partial charge in [-0.2, -0.15) is 20.2 Å². The topological polar surface area (TPSA) is 110 Å². The number of nitrogens with two attached hydrogens (primary N) is 1. The monoisotopic (exact) mass is 366 g/mol. The molecule has 0 saturated heterocycles. The Bertz CT molecular complexity index is 986. The average molecular weight is 367 g/mol. The summed E-state index contributed by atoms with van der Waals surface area (Å²) in [7, 11) is 0. The van der Waals surface area contributed by atoms with Gasteiger partial charge in [0, 0.05) is 5.69 Å². The first-order valence-corrected chi connectivity index (χ1v) is 8.08. The Morgan fingerprint density at radius 1 is 1.19 bits per heavy atom. The Balaban J connectivity index is 1.76. The maximum Gasteiger partial charge on any atom is 0.232 e. The fourth-order valence-electron chi connectivity index (χ4n) is 2.22. The van der Waals surface area contributed by atoms with E-state index in [0.29, 0.717) is 28.1 Å². The lowest BCUT2D eigenvalue weighted by Crippen LogP contribution is -2.09. The number of hydrogen-bond donors (Lipinski definition) is 2. The van der Waals surface area contributed by atoms with E-state index in [1.807, 2.05) is 37.3 Å². The van der Waals surface area contributed by atoms with Crippen LogP contribution in [0.25, 0.3) is 0 Å². The van der Waals surface area contributed by atoms with E-state index in [-0.39, 0.29) is 12.6 Å². The van der Waals surface area contributed by atoms with Crippen LogP contribution >= 0.6 is 11.6 Å². The fraction of sp³-hybridized carbons (Fsp3) is 0.111. The molecule has 3 aromatic rings. The number of hydrogen-bond acceptors (Lipinski definition) is 7. The number of rotatable bonds is 5. The van der Waals surface area contributed by atoms with Crippen LogP contribution in [0, 0.1) is 18.3 Å². The molecule has 2 aromatic carbocycles. The van der Waals surface area contributed by atoms with Crippen molar-refractivity contribution in [1.29, 1.82) is 5.26 Å². The van der Waals surface area contributed by atoms with Gasteiger partial charge in [-0.3, -0.25) is 0 Å². The second-order valence-electron chi connectivity index (χ2n) is 5.42. The molecule has 0 radical (unpaired) electrons. The van der Waals surface area contributed by atoms with Crippen LogP contribution in [0.2, 0.25) is 5.02 Å². The number of benzene rings is 2. The predicted octanol–water partition coefficient (Wildman–Crippen LogP) is 3.61. The van der Waals surface area contributed by atoms with Gasteiger partial charge in [-0.15, -0.1) is 0 Å². The van der Waals surface area contributed by atoms with Crippen molar-refractivity contribution in [2.75, 3.05) is 11.1 Å². The van der Waals surface area contributed by atoms with E-state index in [9.17, 15) is 0 Å². The lowest BCUT2D eigenvalue weighted by atomic mass is 10.2. The molecule has 0 fully saturated rings. The number of nitrogen functional groups attached to an aromatic ring is 1. The summed E-state index contributed by atoms with van der Waals surface area (Å²) in [5.41, 5.74) is 8.15. The molecule has 3 N–H and O–H groups in total. The van der Waals surface area contributed by atoms with Gasteiger partial charge in [-0.1, -0.05) is 29.8 Å². The molecule has 0 saturated carbocycles. The smallest absolute Gasteiger partial charge is 0.232 e. The number of anilines is 3. The van der Waals surface area contributed by atoms with Crippen molar-refractivity contribution >= 4 is 29.2 Å². The molecule has 0 aliphatic carbocycles. The Labute approximate surface area is 155 Å². The van der Waals surface area contributed by atoms with Gasteiger partial charge in [0.05, 0.1) is 16.7 Å². The van der Waals surface area contributed by atoms with Gasteiger partial charge in [0.1, 0.15) is 12.4 Å². The van der Waals surface area contributed by atoms with E-state index in [4.69, 9.17) is 27.3 Å². The van der Waals surface area contributed by atoms with Crippen LogP contribution in [0.1, 0.15) is 17.0 Å². The van der Waals surface area contributed by atoms with Crippen LogP contribution in [-0.2, 0) is 6.61 Å². The van der Waals surface area contributed by atoms with Crippen molar-refractivity contribution in [3.8, 4) is 11.8 Å². The highest BCUT2D eigenvalue weighted by Crippen LogP contribution is 2.26. The molecule has 26 heavy (non-hydrogen) atoms. The number of ether oxygens (including phenoxy) is 1. The van der Waals surface area contributed by atoms with Gasteiger partial charge in [0.15, 0.2) is 5.82 Å². The second kappa shape index (κ2) is 7.68. The molecule has 0 bridgehead atoms. The van der Waals surface area contributed by atoms with Crippen molar-refractivity contribution in [3.05, 3.63) is 64.4 Å². The van der Waals surface area contributed by atoms with E-state index in [0.717, 1.165) is 11.3 Å². The van der Waals surface area contributed by atoms with E-state index in [1.165, 1.54) is 6.07 Å². The SMILES string of the molecule is Cc1ccccc1Nc1nc(N)nc(COc2ccc(C#N)cc2Cl)n1. The number of para-hydroxylation sites is 1. The normalized spacial score (nSPS) is 10.2. The van der Waals surface area contributed by atoms with E-state index < -0.39 is 0 Å². The van der Waals surface area contributed by atoms with Crippen LogP contribution in [-0.4, -0.2) is 15.0 Å². The summed E-state index contributed by atoms with van der Waals surface area (Å²) < 4.78 is 5.63. The lowest BCUT2D eigenvalue weighted by molar-refractivity contribution is 0.296. The lowest BCUT2D eigenvalue weighted by Gasteiger charge is -2.10. The van der Waals surface area contributed by atoms with Crippen LogP contribution in [0.15, 0.2) is 42.5 Å². The second-order valence-corrected chi connectivity index (χ2v) is 5.83. The minimum Gasteiger partial charge on any atom is -0.484 e. The number of nitrogens with one attached hydrogen (secondary N) is 1. The minimum atomic E-state index is 0.0563. The molecule has 0 unspecified atom stereocenters. The Morgan fingerprint density at radius 3 is 2.73 bits per heavy atom. The first-order valence-electron chi connectivity index (χ1n) is 7.70. The first-order chi connectivity index (χ1) is 12.5. The molecule has 130 valence electrons. The summed E-state index contributed by atoms with van der Waals surface area (Å²) in [5, 5.41) is 12.3. The average Bonchev–Trinajstić information content (AvgIpc) is 2.62. The maximum atomic E-state index is 8.87. The molecule has 1 heterocycles. The fourth-order valence-corrected chi connectivity index (χ4v) is 2.46. The van der Waals surface area contributed by atoms with Crippen molar-refractivity contribution in [2.24, 2.45) is 0 Å². The standard InChI is InChI=1S/C18H15ClN6O/c1-11-4-2-3-5-14(11)22-18-24-16(23-17(21)25-18)10-26-15-7-6-12(9-20)8-13(15)19/h2-8H,10H2,1H3,(H3,21,22,23,24,25). The van der Waals surface area contributed by atoms with Crippen molar-refractivity contribution in [2.45, 2.75) is 13.5 Å². The maximum absolute atomic E-state index is 8.87. The highest BCUT2D eigenvalue weighted by Gasteiger charge is 2.09.